The van der Waals surface area contributed by atoms with Gasteiger partial charge in [-0.15, -0.1) is 5.75 Å². The zero-order valence-corrected chi connectivity index (χ0v) is 13.4. The lowest BCUT2D eigenvalue weighted by Crippen LogP contribution is -2.12. The summed E-state index contributed by atoms with van der Waals surface area (Å²) in [7, 11) is 0. The van der Waals surface area contributed by atoms with Crippen molar-refractivity contribution in [2.24, 2.45) is 0 Å². The maximum Gasteiger partial charge on any atom is 0.343 e. The number of esters is 1. The van der Waals surface area contributed by atoms with Crippen molar-refractivity contribution >= 4 is 11.9 Å². The topological polar surface area (TPSA) is 86.7 Å². The van der Waals surface area contributed by atoms with Crippen molar-refractivity contribution in [3.8, 4) is 11.5 Å². The van der Waals surface area contributed by atoms with Crippen molar-refractivity contribution in [2.45, 2.75) is 27.7 Å². The van der Waals surface area contributed by atoms with Crippen LogP contribution in [0.3, 0.4) is 0 Å². The molecule has 0 fully saturated rings. The minimum atomic E-state index is -1.04. The smallest absolute Gasteiger partial charge is 0.343 e. The van der Waals surface area contributed by atoms with Crippen LogP contribution in [0.4, 0.5) is 0 Å². The van der Waals surface area contributed by atoms with Gasteiger partial charge in [-0.1, -0.05) is 11.1 Å². The van der Waals surface area contributed by atoms with Gasteiger partial charge in [0.15, 0.2) is 0 Å². The molecule has 0 atom stereocenters. The van der Waals surface area contributed by atoms with Crippen LogP contribution < -0.4 is 9.84 Å². The van der Waals surface area contributed by atoms with E-state index in [1.165, 1.54) is 24.3 Å². The van der Waals surface area contributed by atoms with Crippen LogP contribution in [-0.4, -0.2) is 17.0 Å². The average Bonchev–Trinajstić information content (AvgIpc) is 2.47. The molecule has 0 bridgehead atoms. The zero-order valence-electron chi connectivity index (χ0n) is 13.4. The fourth-order valence-corrected chi connectivity index (χ4v) is 2.45. The van der Waals surface area contributed by atoms with Crippen LogP contribution >= 0.6 is 0 Å². The van der Waals surface area contributed by atoms with Gasteiger partial charge in [-0.3, -0.25) is 0 Å². The normalized spacial score (nSPS) is 10.4. The minimum absolute atomic E-state index is 0.0975. The summed E-state index contributed by atoms with van der Waals surface area (Å²) in [6, 6.07) is 5.90. The summed E-state index contributed by atoms with van der Waals surface area (Å²) in [4.78, 5) is 23.3. The van der Waals surface area contributed by atoms with E-state index in [4.69, 9.17) is 9.84 Å². The lowest BCUT2D eigenvalue weighted by molar-refractivity contribution is -0.270. The van der Waals surface area contributed by atoms with Crippen LogP contribution in [0, 0.1) is 27.7 Å². The second kappa shape index (κ2) is 6.12. The number of carbonyl (C=O) groups excluding carboxylic acids is 1. The number of aromatic carboxylic acids is 1. The van der Waals surface area contributed by atoms with Gasteiger partial charge in [0.1, 0.15) is 5.75 Å². The highest BCUT2D eigenvalue weighted by Gasteiger charge is 2.16. The van der Waals surface area contributed by atoms with Gasteiger partial charge in [-0.25, -0.2) is 9.59 Å². The molecule has 1 N–H and O–H groups in total. The molecule has 0 aliphatic heterocycles. The third-order valence-corrected chi connectivity index (χ3v) is 3.60. The number of carboxylic acids is 1. The highest BCUT2D eigenvalue weighted by atomic mass is 16.5. The highest BCUT2D eigenvalue weighted by Crippen LogP contribution is 2.27. The van der Waals surface area contributed by atoms with Crippen LogP contribution in [0.15, 0.2) is 24.3 Å². The first kappa shape index (κ1) is 16.5. The molecule has 0 heterocycles. The molecule has 0 saturated heterocycles. The number of carboxylic acid groups (broad SMARTS) is 1. The summed E-state index contributed by atoms with van der Waals surface area (Å²) in [6.07, 6.45) is 0. The standard InChI is InChI=1S/C18H18O5/c1-9-5-14(6-10(2)15(9)19)18(22)23-16-11(3)7-13(17(20)21)8-12(16)4/h5-8,19H,1-4H3,(H,20,21)/p-1. The molecule has 5 heteroatoms. The van der Waals surface area contributed by atoms with Gasteiger partial charge in [0.05, 0.1) is 11.1 Å². The fourth-order valence-electron chi connectivity index (χ4n) is 2.45. The second-order valence-corrected chi connectivity index (χ2v) is 5.57. The highest BCUT2D eigenvalue weighted by molar-refractivity contribution is 5.93. The number of benzene rings is 2. The molecule has 0 saturated carbocycles. The molecule has 0 aromatic heterocycles. The Morgan fingerprint density at radius 2 is 1.30 bits per heavy atom. The minimum Gasteiger partial charge on any atom is -0.872 e. The monoisotopic (exact) mass is 313 g/mol. The molecular formula is C18H17O5-. The first-order chi connectivity index (χ1) is 10.7. The van der Waals surface area contributed by atoms with Crippen molar-refractivity contribution in [1.29, 1.82) is 0 Å². The lowest BCUT2D eigenvalue weighted by Gasteiger charge is -2.16. The Morgan fingerprint density at radius 1 is 0.870 bits per heavy atom. The summed E-state index contributed by atoms with van der Waals surface area (Å²) in [6.45, 7) is 6.65. The van der Waals surface area contributed by atoms with Gasteiger partial charge in [0.2, 0.25) is 0 Å². The zero-order chi connectivity index (χ0) is 17.3. The van der Waals surface area contributed by atoms with E-state index in [9.17, 15) is 14.7 Å². The number of ether oxygens (including phenoxy) is 1. The molecule has 2 rings (SSSR count). The largest absolute Gasteiger partial charge is 0.872 e. The Morgan fingerprint density at radius 3 is 1.74 bits per heavy atom. The Bertz CT molecular complexity index is 759. The first-order valence-electron chi connectivity index (χ1n) is 7.05. The van der Waals surface area contributed by atoms with E-state index < -0.39 is 11.9 Å². The predicted octanol–water partition coefficient (Wildman–Crippen LogP) is 2.91. The molecule has 120 valence electrons. The predicted molar refractivity (Wildman–Crippen MR) is 83.2 cm³/mol. The molecular weight excluding hydrogens is 296 g/mol. The quantitative estimate of drug-likeness (QED) is 0.695. The number of carbonyl (C=O) groups is 2. The molecule has 0 aliphatic rings. The lowest BCUT2D eigenvalue weighted by atomic mass is 10.0. The van der Waals surface area contributed by atoms with E-state index >= 15 is 0 Å². The van der Waals surface area contributed by atoms with Crippen molar-refractivity contribution in [3.05, 3.63) is 57.6 Å². The molecule has 0 unspecified atom stereocenters. The molecule has 5 nitrogen and oxygen atoms in total. The van der Waals surface area contributed by atoms with Gasteiger partial charge in [-0.2, -0.15) is 0 Å². The average molecular weight is 313 g/mol. The summed E-state index contributed by atoms with van der Waals surface area (Å²) in [5.41, 5.74) is 2.51. The maximum atomic E-state index is 12.3. The van der Waals surface area contributed by atoms with E-state index in [-0.39, 0.29) is 11.3 Å². The third-order valence-electron chi connectivity index (χ3n) is 3.60. The van der Waals surface area contributed by atoms with Crippen molar-refractivity contribution in [1.82, 2.24) is 0 Å². The summed E-state index contributed by atoms with van der Waals surface area (Å²) in [5, 5.41) is 20.7. The van der Waals surface area contributed by atoms with E-state index in [1.54, 1.807) is 27.7 Å². The Balaban J connectivity index is 2.36. The first-order valence-corrected chi connectivity index (χ1v) is 7.05. The van der Waals surface area contributed by atoms with Crippen LogP contribution in [-0.2, 0) is 0 Å². The van der Waals surface area contributed by atoms with Crippen LogP contribution in [0.1, 0.15) is 43.0 Å². The van der Waals surface area contributed by atoms with Crippen molar-refractivity contribution in [2.75, 3.05) is 0 Å². The van der Waals surface area contributed by atoms with Gasteiger partial charge < -0.3 is 14.9 Å². The molecule has 0 spiro atoms. The van der Waals surface area contributed by atoms with Crippen molar-refractivity contribution in [3.63, 3.8) is 0 Å². The number of hydrogen-bond acceptors (Lipinski definition) is 4. The van der Waals surface area contributed by atoms with E-state index in [0.717, 1.165) is 0 Å². The fraction of sp³-hybridized carbons (Fsp3) is 0.222. The maximum absolute atomic E-state index is 12.3. The summed E-state index contributed by atoms with van der Waals surface area (Å²) >= 11 is 0. The summed E-state index contributed by atoms with van der Waals surface area (Å²) < 4.78 is 5.41. The van der Waals surface area contributed by atoms with E-state index in [1.807, 2.05) is 0 Å². The van der Waals surface area contributed by atoms with Gasteiger partial charge in [0, 0.05) is 0 Å². The molecule has 2 aromatic rings. The molecule has 2 aromatic carbocycles. The number of rotatable bonds is 3. The molecule has 0 radical (unpaired) electrons. The van der Waals surface area contributed by atoms with Crippen molar-refractivity contribution < 1.29 is 24.5 Å². The van der Waals surface area contributed by atoms with Gasteiger partial charge in [-0.05, 0) is 63.1 Å². The van der Waals surface area contributed by atoms with Crippen LogP contribution in [0.5, 0.6) is 11.5 Å². The second-order valence-electron chi connectivity index (χ2n) is 5.57. The Labute approximate surface area is 134 Å². The molecule has 0 aliphatic carbocycles. The van der Waals surface area contributed by atoms with Gasteiger partial charge >= 0.3 is 11.9 Å². The van der Waals surface area contributed by atoms with E-state index in [2.05, 4.69) is 0 Å². The third kappa shape index (κ3) is 3.34. The van der Waals surface area contributed by atoms with Gasteiger partial charge in [0.25, 0.3) is 0 Å². The Kier molecular flexibility index (Phi) is 4.40. The number of aryl methyl sites for hydroxylation is 4. The molecule has 23 heavy (non-hydrogen) atoms. The molecule has 0 amide bonds. The van der Waals surface area contributed by atoms with E-state index in [0.29, 0.717) is 33.6 Å². The Hall–Kier alpha value is -2.82. The van der Waals surface area contributed by atoms with Crippen LogP contribution in [0.2, 0.25) is 0 Å². The summed E-state index contributed by atoms with van der Waals surface area (Å²) in [5.74, 6) is -1.38. The van der Waals surface area contributed by atoms with Crippen LogP contribution in [0.25, 0.3) is 0 Å². The number of hydrogen-bond donors (Lipinski definition) is 1. The SMILES string of the molecule is Cc1cc(C(=O)Oc2c(C)cc(C(=O)O)cc2C)cc(C)c1[O-].